The second kappa shape index (κ2) is 7.93. The molecule has 0 aliphatic heterocycles. The first-order valence-electron chi connectivity index (χ1n) is 8.05. The molecule has 0 atom stereocenters. The van der Waals surface area contributed by atoms with Gasteiger partial charge < -0.3 is 20.4 Å². The highest BCUT2D eigenvalue weighted by Gasteiger charge is 2.10. The quantitative estimate of drug-likeness (QED) is 0.582. The molecule has 3 aromatic rings. The van der Waals surface area contributed by atoms with E-state index in [0.29, 0.717) is 29.4 Å². The molecule has 0 radical (unpaired) electrons. The average molecular weight is 372 g/mol. The maximum absolute atomic E-state index is 12.2. The average Bonchev–Trinajstić information content (AvgIpc) is 3.08. The van der Waals surface area contributed by atoms with Crippen molar-refractivity contribution in [3.63, 3.8) is 0 Å². The highest BCUT2D eigenvalue weighted by atomic mass is 35.5. The van der Waals surface area contributed by atoms with Gasteiger partial charge in [-0.05, 0) is 42.5 Å². The minimum atomic E-state index is -0.235. The van der Waals surface area contributed by atoms with Crippen LogP contribution in [0.2, 0.25) is 5.02 Å². The number of carbonyl (C=O) groups excluding carboxylic acids is 2. The molecular weight excluding hydrogens is 354 g/mol. The Hall–Kier alpha value is -2.99. The normalized spacial score (nSPS) is 10.5. The number of hydrogen-bond donors (Lipinski definition) is 3. The Morgan fingerprint density at radius 3 is 2.38 bits per heavy atom. The van der Waals surface area contributed by atoms with Gasteiger partial charge in [-0.25, -0.2) is 0 Å². The maximum atomic E-state index is 12.2. The number of H-pyrrole nitrogens is 1. The van der Waals surface area contributed by atoms with Gasteiger partial charge in [0, 0.05) is 40.6 Å². The number of fused-ring (bicyclic) bond motifs is 1. The van der Waals surface area contributed by atoms with E-state index in [1.54, 1.807) is 37.4 Å². The third-order valence-electron chi connectivity index (χ3n) is 3.88. The molecule has 0 bridgehead atoms. The van der Waals surface area contributed by atoms with Gasteiger partial charge in [0.15, 0.2) is 0 Å². The van der Waals surface area contributed by atoms with Crippen LogP contribution in [0.25, 0.3) is 10.9 Å². The van der Waals surface area contributed by atoms with E-state index in [2.05, 4.69) is 15.6 Å². The zero-order valence-corrected chi connectivity index (χ0v) is 14.9. The SMILES string of the molecule is COc1ccc2cc(C(=O)NCCNC(=O)c3ccc(Cl)cc3)[nH]c2c1. The Kier molecular flexibility index (Phi) is 5.43. The Bertz CT molecular complexity index is 935. The van der Waals surface area contributed by atoms with E-state index in [-0.39, 0.29) is 11.8 Å². The lowest BCUT2D eigenvalue weighted by Gasteiger charge is -2.06. The van der Waals surface area contributed by atoms with E-state index in [1.165, 1.54) is 0 Å². The van der Waals surface area contributed by atoms with Crippen molar-refractivity contribution in [1.29, 1.82) is 0 Å². The lowest BCUT2D eigenvalue weighted by molar-refractivity contribution is 0.0925. The molecule has 3 N–H and O–H groups in total. The highest BCUT2D eigenvalue weighted by molar-refractivity contribution is 6.30. The van der Waals surface area contributed by atoms with Crippen LogP contribution in [-0.2, 0) is 0 Å². The lowest BCUT2D eigenvalue weighted by Crippen LogP contribution is -2.34. The van der Waals surface area contributed by atoms with Gasteiger partial charge in [-0.3, -0.25) is 9.59 Å². The molecule has 6 nitrogen and oxygen atoms in total. The number of nitrogens with one attached hydrogen (secondary N) is 3. The topological polar surface area (TPSA) is 83.2 Å². The molecular formula is C19H18ClN3O3. The Morgan fingerprint density at radius 2 is 1.69 bits per heavy atom. The summed E-state index contributed by atoms with van der Waals surface area (Å²) in [7, 11) is 1.59. The highest BCUT2D eigenvalue weighted by Crippen LogP contribution is 2.21. The molecule has 1 heterocycles. The molecule has 0 unspecified atom stereocenters. The van der Waals surface area contributed by atoms with Crippen LogP contribution in [0.3, 0.4) is 0 Å². The van der Waals surface area contributed by atoms with Crippen molar-refractivity contribution in [3.8, 4) is 5.75 Å². The molecule has 0 aliphatic rings. The van der Waals surface area contributed by atoms with Gasteiger partial charge in [-0.2, -0.15) is 0 Å². The summed E-state index contributed by atoms with van der Waals surface area (Å²) in [4.78, 5) is 27.2. The smallest absolute Gasteiger partial charge is 0.267 e. The van der Waals surface area contributed by atoms with Crippen molar-refractivity contribution in [1.82, 2.24) is 15.6 Å². The number of methoxy groups -OCH3 is 1. The summed E-state index contributed by atoms with van der Waals surface area (Å²) in [5.41, 5.74) is 1.80. The Morgan fingerprint density at radius 1 is 1.00 bits per heavy atom. The predicted molar refractivity (Wildman–Crippen MR) is 101 cm³/mol. The van der Waals surface area contributed by atoms with Crippen LogP contribution in [0.1, 0.15) is 20.8 Å². The number of aromatic nitrogens is 1. The molecule has 7 heteroatoms. The monoisotopic (exact) mass is 371 g/mol. The van der Waals surface area contributed by atoms with E-state index in [9.17, 15) is 9.59 Å². The van der Waals surface area contributed by atoms with Crippen molar-refractivity contribution in [2.75, 3.05) is 20.2 Å². The van der Waals surface area contributed by atoms with Crippen LogP contribution in [0.5, 0.6) is 5.75 Å². The number of amides is 2. The molecule has 2 amide bonds. The Labute approximate surface area is 155 Å². The minimum absolute atomic E-state index is 0.214. The van der Waals surface area contributed by atoms with Crippen LogP contribution < -0.4 is 15.4 Å². The molecule has 1 aromatic heterocycles. The summed E-state index contributed by atoms with van der Waals surface area (Å²) in [6.07, 6.45) is 0. The summed E-state index contributed by atoms with van der Waals surface area (Å²) in [5.74, 6) is 0.269. The van der Waals surface area contributed by atoms with Crippen molar-refractivity contribution < 1.29 is 14.3 Å². The Balaban J connectivity index is 1.51. The third-order valence-corrected chi connectivity index (χ3v) is 4.13. The number of hydrogen-bond acceptors (Lipinski definition) is 3. The summed E-state index contributed by atoms with van der Waals surface area (Å²) in [6, 6.07) is 13.9. The first-order valence-corrected chi connectivity index (χ1v) is 8.43. The largest absolute Gasteiger partial charge is 0.497 e. The summed E-state index contributed by atoms with van der Waals surface area (Å²) < 4.78 is 5.17. The van der Waals surface area contributed by atoms with Crippen LogP contribution in [0.4, 0.5) is 0 Å². The number of halogens is 1. The molecule has 0 spiro atoms. The zero-order chi connectivity index (χ0) is 18.5. The van der Waals surface area contributed by atoms with Gasteiger partial charge in [0.25, 0.3) is 11.8 Å². The van der Waals surface area contributed by atoms with Gasteiger partial charge >= 0.3 is 0 Å². The van der Waals surface area contributed by atoms with E-state index in [1.807, 2.05) is 18.2 Å². The number of aromatic amines is 1. The van der Waals surface area contributed by atoms with Gasteiger partial charge in [0.2, 0.25) is 0 Å². The van der Waals surface area contributed by atoms with Gasteiger partial charge in [-0.1, -0.05) is 11.6 Å². The van der Waals surface area contributed by atoms with Crippen molar-refractivity contribution in [2.45, 2.75) is 0 Å². The fourth-order valence-corrected chi connectivity index (χ4v) is 2.63. The molecule has 0 saturated heterocycles. The second-order valence-electron chi connectivity index (χ2n) is 5.65. The molecule has 0 fully saturated rings. The summed E-state index contributed by atoms with van der Waals surface area (Å²) in [6.45, 7) is 0.637. The van der Waals surface area contributed by atoms with Crippen molar-refractivity contribution >= 4 is 34.3 Å². The van der Waals surface area contributed by atoms with Crippen LogP contribution in [-0.4, -0.2) is 37.0 Å². The van der Waals surface area contributed by atoms with Crippen LogP contribution in [0, 0.1) is 0 Å². The van der Waals surface area contributed by atoms with E-state index >= 15 is 0 Å². The predicted octanol–water partition coefficient (Wildman–Crippen LogP) is 2.99. The fourth-order valence-electron chi connectivity index (χ4n) is 2.51. The molecule has 3 rings (SSSR count). The third kappa shape index (κ3) is 4.15. The van der Waals surface area contributed by atoms with Crippen LogP contribution >= 0.6 is 11.6 Å². The minimum Gasteiger partial charge on any atom is -0.497 e. The van der Waals surface area contributed by atoms with Crippen molar-refractivity contribution in [3.05, 3.63) is 64.8 Å². The number of ether oxygens (including phenoxy) is 1. The maximum Gasteiger partial charge on any atom is 0.267 e. The molecule has 134 valence electrons. The van der Waals surface area contributed by atoms with Gasteiger partial charge in [0.1, 0.15) is 11.4 Å². The summed E-state index contributed by atoms with van der Waals surface area (Å²) >= 11 is 5.79. The van der Waals surface area contributed by atoms with E-state index in [4.69, 9.17) is 16.3 Å². The molecule has 0 aliphatic carbocycles. The first kappa shape index (κ1) is 17.8. The molecule has 2 aromatic carbocycles. The van der Waals surface area contributed by atoms with Gasteiger partial charge in [-0.15, -0.1) is 0 Å². The standard InChI is InChI=1S/C19H18ClN3O3/c1-26-15-7-4-13-10-17(23-16(13)11-15)19(25)22-9-8-21-18(24)12-2-5-14(20)6-3-12/h2-7,10-11,23H,8-9H2,1H3,(H,21,24)(H,22,25). The number of benzene rings is 2. The second-order valence-corrected chi connectivity index (χ2v) is 6.09. The van der Waals surface area contributed by atoms with Gasteiger partial charge in [0.05, 0.1) is 7.11 Å². The molecule has 0 saturated carbocycles. The lowest BCUT2D eigenvalue weighted by atomic mass is 10.2. The van der Waals surface area contributed by atoms with Crippen molar-refractivity contribution in [2.24, 2.45) is 0 Å². The molecule has 26 heavy (non-hydrogen) atoms. The fraction of sp³-hybridized carbons (Fsp3) is 0.158. The zero-order valence-electron chi connectivity index (χ0n) is 14.1. The first-order chi connectivity index (χ1) is 12.6. The summed E-state index contributed by atoms with van der Waals surface area (Å²) in [5, 5.41) is 7.01. The number of carbonyl (C=O) groups is 2. The van der Waals surface area contributed by atoms with E-state index < -0.39 is 0 Å². The van der Waals surface area contributed by atoms with E-state index in [0.717, 1.165) is 16.7 Å². The number of rotatable bonds is 6. The van der Waals surface area contributed by atoms with Crippen LogP contribution in [0.15, 0.2) is 48.5 Å².